The van der Waals surface area contributed by atoms with Crippen LogP contribution in [0.2, 0.25) is 0 Å². The number of aliphatic carboxylic acids is 1. The van der Waals surface area contributed by atoms with Gasteiger partial charge in [-0.25, -0.2) is 0 Å². The van der Waals surface area contributed by atoms with E-state index >= 15 is 0 Å². The Morgan fingerprint density at radius 1 is 1.38 bits per heavy atom. The van der Waals surface area contributed by atoms with Crippen LogP contribution in [0.1, 0.15) is 46.0 Å². The van der Waals surface area contributed by atoms with Gasteiger partial charge in [0.25, 0.3) is 0 Å². The lowest BCUT2D eigenvalue weighted by atomic mass is 9.82. The van der Waals surface area contributed by atoms with E-state index in [4.69, 9.17) is 5.11 Å². The summed E-state index contributed by atoms with van der Waals surface area (Å²) in [5.41, 5.74) is 0.782. The van der Waals surface area contributed by atoms with Gasteiger partial charge < -0.3 is 5.11 Å². The number of carboxylic acids is 1. The zero-order valence-electron chi connectivity index (χ0n) is 8.47. The summed E-state index contributed by atoms with van der Waals surface area (Å²) in [6.45, 7) is 4.04. The van der Waals surface area contributed by atoms with Gasteiger partial charge in [0.05, 0.1) is 5.41 Å². The predicted octanol–water partition coefficient (Wildman–Crippen LogP) is 2.99. The van der Waals surface area contributed by atoms with Gasteiger partial charge in [-0.1, -0.05) is 24.5 Å². The van der Waals surface area contributed by atoms with E-state index in [0.29, 0.717) is 6.42 Å². The van der Waals surface area contributed by atoms with Gasteiger partial charge in [0.2, 0.25) is 0 Å². The van der Waals surface area contributed by atoms with Crippen molar-refractivity contribution < 1.29 is 9.90 Å². The molecule has 1 rings (SSSR count). The van der Waals surface area contributed by atoms with Gasteiger partial charge in [-0.05, 0) is 33.1 Å². The molecule has 0 saturated heterocycles. The highest BCUT2D eigenvalue weighted by Gasteiger charge is 2.39. The molecule has 0 heterocycles. The number of rotatable bonds is 3. The Bertz CT molecular complexity index is 218. The predicted molar refractivity (Wildman–Crippen MR) is 52.6 cm³/mol. The highest BCUT2D eigenvalue weighted by Crippen LogP contribution is 2.41. The van der Waals surface area contributed by atoms with Crippen LogP contribution in [-0.2, 0) is 4.79 Å². The van der Waals surface area contributed by atoms with Gasteiger partial charge in [-0.15, -0.1) is 0 Å². The fourth-order valence-electron chi connectivity index (χ4n) is 1.96. The molecule has 2 nitrogen and oxygen atoms in total. The van der Waals surface area contributed by atoms with Gasteiger partial charge in [-0.3, -0.25) is 4.79 Å². The molecule has 74 valence electrons. The van der Waals surface area contributed by atoms with Crippen LogP contribution in [0.25, 0.3) is 0 Å². The summed E-state index contributed by atoms with van der Waals surface area (Å²) in [7, 11) is 0. The van der Waals surface area contributed by atoms with Crippen molar-refractivity contribution >= 4 is 5.97 Å². The molecule has 0 bridgehead atoms. The number of carboxylic acid groups (broad SMARTS) is 1. The first-order chi connectivity index (χ1) is 6.07. The molecule has 0 atom stereocenters. The maximum Gasteiger partial charge on any atom is 0.309 e. The third-order valence-electron chi connectivity index (χ3n) is 2.92. The van der Waals surface area contributed by atoms with Crippen LogP contribution in [0.3, 0.4) is 0 Å². The van der Waals surface area contributed by atoms with Crippen molar-refractivity contribution in [3.63, 3.8) is 0 Å². The van der Waals surface area contributed by atoms with E-state index in [9.17, 15) is 4.79 Å². The Kier molecular flexibility index (Phi) is 3.12. The maximum atomic E-state index is 11.1. The van der Waals surface area contributed by atoms with Gasteiger partial charge in [-0.2, -0.15) is 0 Å². The first-order valence-corrected chi connectivity index (χ1v) is 4.94. The number of carbonyl (C=O) groups is 1. The Morgan fingerprint density at radius 3 is 2.31 bits per heavy atom. The summed E-state index contributed by atoms with van der Waals surface area (Å²) < 4.78 is 0. The summed E-state index contributed by atoms with van der Waals surface area (Å²) in [4.78, 5) is 11.1. The minimum atomic E-state index is -0.609. The zero-order chi connectivity index (χ0) is 9.90. The fraction of sp³-hybridized carbons (Fsp3) is 0.727. The van der Waals surface area contributed by atoms with E-state index < -0.39 is 11.4 Å². The van der Waals surface area contributed by atoms with E-state index in [1.165, 1.54) is 5.57 Å². The van der Waals surface area contributed by atoms with Crippen LogP contribution in [0.15, 0.2) is 11.6 Å². The summed E-state index contributed by atoms with van der Waals surface area (Å²) in [6, 6.07) is 0. The van der Waals surface area contributed by atoms with Crippen molar-refractivity contribution in [1.82, 2.24) is 0 Å². The largest absolute Gasteiger partial charge is 0.481 e. The van der Waals surface area contributed by atoms with Crippen molar-refractivity contribution in [2.24, 2.45) is 5.41 Å². The zero-order valence-corrected chi connectivity index (χ0v) is 8.47. The second-order valence-electron chi connectivity index (χ2n) is 4.28. The number of allylic oxidation sites excluding steroid dienone is 2. The van der Waals surface area contributed by atoms with Gasteiger partial charge >= 0.3 is 5.97 Å². The van der Waals surface area contributed by atoms with Crippen molar-refractivity contribution in [2.45, 2.75) is 46.0 Å². The van der Waals surface area contributed by atoms with Gasteiger partial charge in [0.15, 0.2) is 0 Å². The molecule has 0 aromatic carbocycles. The lowest BCUT2D eigenvalue weighted by Gasteiger charge is -2.21. The minimum absolute atomic E-state index is 0.433. The second-order valence-corrected chi connectivity index (χ2v) is 4.28. The van der Waals surface area contributed by atoms with Crippen LogP contribution in [0.5, 0.6) is 0 Å². The summed E-state index contributed by atoms with van der Waals surface area (Å²) >= 11 is 0. The van der Waals surface area contributed by atoms with E-state index in [-0.39, 0.29) is 0 Å². The number of hydrogen-bond acceptors (Lipinski definition) is 1. The minimum Gasteiger partial charge on any atom is -0.481 e. The molecule has 0 aromatic heterocycles. The molecule has 1 saturated carbocycles. The molecule has 13 heavy (non-hydrogen) atoms. The lowest BCUT2D eigenvalue weighted by molar-refractivity contribution is -0.148. The first kappa shape index (κ1) is 10.3. The molecule has 0 spiro atoms. The summed E-state index contributed by atoms with van der Waals surface area (Å²) in [5, 5.41) is 9.15. The van der Waals surface area contributed by atoms with E-state index in [1.807, 2.05) is 13.8 Å². The van der Waals surface area contributed by atoms with Crippen LogP contribution < -0.4 is 0 Å². The average Bonchev–Trinajstić information content (AvgIpc) is 2.50. The van der Waals surface area contributed by atoms with E-state index in [1.54, 1.807) is 0 Å². The Labute approximate surface area is 79.6 Å². The molecule has 1 aliphatic rings. The standard InChI is InChI=1S/C11H18O2/c1-9(2)5-8-11(10(12)13)6-3-4-7-11/h5H,3-4,6-8H2,1-2H3,(H,12,13). The second kappa shape index (κ2) is 3.95. The van der Waals surface area contributed by atoms with Crippen LogP contribution in [0.4, 0.5) is 0 Å². The molecule has 1 fully saturated rings. The van der Waals surface area contributed by atoms with E-state index in [0.717, 1.165) is 25.7 Å². The Hall–Kier alpha value is -0.790. The van der Waals surface area contributed by atoms with Crippen LogP contribution in [0, 0.1) is 5.41 Å². The normalized spacial score (nSPS) is 19.8. The third-order valence-corrected chi connectivity index (χ3v) is 2.92. The van der Waals surface area contributed by atoms with E-state index in [2.05, 4.69) is 6.08 Å². The molecule has 0 aromatic rings. The SMILES string of the molecule is CC(C)=CCC1(C(=O)O)CCCC1. The topological polar surface area (TPSA) is 37.3 Å². The fourth-order valence-corrected chi connectivity index (χ4v) is 1.96. The van der Waals surface area contributed by atoms with Crippen molar-refractivity contribution in [2.75, 3.05) is 0 Å². The highest BCUT2D eigenvalue weighted by molar-refractivity contribution is 5.75. The molecule has 1 aliphatic carbocycles. The smallest absolute Gasteiger partial charge is 0.309 e. The summed E-state index contributed by atoms with van der Waals surface area (Å²) in [6.07, 6.45) is 6.62. The quantitative estimate of drug-likeness (QED) is 0.681. The Balaban J connectivity index is 2.68. The van der Waals surface area contributed by atoms with Gasteiger partial charge in [0.1, 0.15) is 0 Å². The molecule has 0 radical (unpaired) electrons. The molecular weight excluding hydrogens is 164 g/mol. The van der Waals surface area contributed by atoms with Crippen molar-refractivity contribution in [1.29, 1.82) is 0 Å². The molecule has 0 aliphatic heterocycles. The van der Waals surface area contributed by atoms with Crippen molar-refractivity contribution in [3.05, 3.63) is 11.6 Å². The first-order valence-electron chi connectivity index (χ1n) is 4.94. The average molecular weight is 182 g/mol. The monoisotopic (exact) mass is 182 g/mol. The maximum absolute atomic E-state index is 11.1. The molecule has 0 unspecified atom stereocenters. The Morgan fingerprint density at radius 2 is 1.92 bits per heavy atom. The molecular formula is C11H18O2. The molecule has 1 N–H and O–H groups in total. The summed E-state index contributed by atoms with van der Waals surface area (Å²) in [5.74, 6) is -0.609. The van der Waals surface area contributed by atoms with Crippen LogP contribution >= 0.6 is 0 Å². The van der Waals surface area contributed by atoms with Crippen molar-refractivity contribution in [3.8, 4) is 0 Å². The third kappa shape index (κ3) is 2.33. The highest BCUT2D eigenvalue weighted by atomic mass is 16.4. The lowest BCUT2D eigenvalue weighted by Crippen LogP contribution is -2.26. The van der Waals surface area contributed by atoms with Crippen LogP contribution in [-0.4, -0.2) is 11.1 Å². The van der Waals surface area contributed by atoms with Gasteiger partial charge in [0, 0.05) is 0 Å². The molecule has 2 heteroatoms. The molecule has 0 amide bonds. The number of hydrogen-bond donors (Lipinski definition) is 1.